The molecule has 0 aliphatic carbocycles. The Morgan fingerprint density at radius 3 is 2.48 bits per heavy atom. The first kappa shape index (κ1) is 17.6. The van der Waals surface area contributed by atoms with Crippen molar-refractivity contribution in [3.63, 3.8) is 0 Å². The highest BCUT2D eigenvalue weighted by atomic mass is 16.5. The van der Waals surface area contributed by atoms with Gasteiger partial charge < -0.3 is 19.7 Å². The van der Waals surface area contributed by atoms with E-state index in [1.807, 2.05) is 31.2 Å². The summed E-state index contributed by atoms with van der Waals surface area (Å²) < 4.78 is 10.0. The second-order valence-corrected chi connectivity index (χ2v) is 5.18. The van der Waals surface area contributed by atoms with Crippen molar-refractivity contribution in [2.45, 2.75) is 25.9 Å². The quantitative estimate of drug-likeness (QED) is 0.642. The molecule has 2 unspecified atom stereocenters. The monoisotopic (exact) mass is 296 g/mol. The maximum Gasteiger partial charge on any atom is 0.306 e. The van der Waals surface area contributed by atoms with E-state index in [4.69, 9.17) is 9.47 Å². The molecule has 0 aliphatic heterocycles. The number of hydrogen-bond acceptors (Lipinski definition) is 4. The molecule has 0 spiro atoms. The highest BCUT2D eigenvalue weighted by Gasteiger charge is 2.22. The molecule has 5 nitrogen and oxygen atoms in total. The van der Waals surface area contributed by atoms with Crippen molar-refractivity contribution < 1.29 is 24.5 Å². The number of aliphatic hydroxyl groups is 1. The average molecular weight is 296 g/mol. The lowest BCUT2D eigenvalue weighted by Gasteiger charge is -2.17. The summed E-state index contributed by atoms with van der Waals surface area (Å²) in [5.74, 6) is -1.51. The van der Waals surface area contributed by atoms with E-state index < -0.39 is 18.0 Å². The first-order valence-electron chi connectivity index (χ1n) is 7.06. The van der Waals surface area contributed by atoms with Crippen LogP contribution in [0.15, 0.2) is 24.3 Å². The first-order chi connectivity index (χ1) is 10.0. The highest BCUT2D eigenvalue weighted by molar-refractivity contribution is 5.70. The summed E-state index contributed by atoms with van der Waals surface area (Å²) in [5, 5.41) is 19.1. The van der Waals surface area contributed by atoms with Gasteiger partial charge in [0.15, 0.2) is 0 Å². The van der Waals surface area contributed by atoms with Gasteiger partial charge >= 0.3 is 5.97 Å². The summed E-state index contributed by atoms with van der Waals surface area (Å²) in [6.07, 6.45) is -0.200. The fourth-order valence-electron chi connectivity index (χ4n) is 2.04. The molecule has 0 bridgehead atoms. The lowest BCUT2D eigenvalue weighted by molar-refractivity contribution is -0.143. The zero-order valence-electron chi connectivity index (χ0n) is 12.6. The van der Waals surface area contributed by atoms with Crippen molar-refractivity contribution in [3.05, 3.63) is 35.4 Å². The van der Waals surface area contributed by atoms with Crippen LogP contribution in [0.4, 0.5) is 0 Å². The predicted octanol–water partition coefficient (Wildman–Crippen LogP) is 1.65. The van der Waals surface area contributed by atoms with Crippen molar-refractivity contribution in [2.24, 2.45) is 5.92 Å². The van der Waals surface area contributed by atoms with E-state index in [-0.39, 0.29) is 13.0 Å². The van der Waals surface area contributed by atoms with Crippen molar-refractivity contribution in [1.29, 1.82) is 0 Å². The van der Waals surface area contributed by atoms with Crippen LogP contribution < -0.4 is 0 Å². The molecule has 118 valence electrons. The molecule has 0 saturated heterocycles. The number of hydrogen-bond donors (Lipinski definition) is 2. The largest absolute Gasteiger partial charge is 0.481 e. The van der Waals surface area contributed by atoms with Gasteiger partial charge in [-0.15, -0.1) is 0 Å². The van der Waals surface area contributed by atoms with E-state index in [1.54, 1.807) is 7.11 Å². The van der Waals surface area contributed by atoms with Crippen LogP contribution in [0.2, 0.25) is 0 Å². The van der Waals surface area contributed by atoms with Crippen LogP contribution in [-0.4, -0.2) is 49.2 Å². The van der Waals surface area contributed by atoms with Crippen LogP contribution in [0.5, 0.6) is 0 Å². The van der Waals surface area contributed by atoms with Gasteiger partial charge in [-0.25, -0.2) is 0 Å². The molecule has 2 N–H and O–H groups in total. The topological polar surface area (TPSA) is 76.0 Å². The van der Waals surface area contributed by atoms with Crippen molar-refractivity contribution in [3.8, 4) is 0 Å². The number of aliphatic carboxylic acids is 1. The maximum absolute atomic E-state index is 11.3. The number of ether oxygens (including phenoxy) is 2. The number of rotatable bonds is 10. The zero-order valence-corrected chi connectivity index (χ0v) is 12.6. The Morgan fingerprint density at radius 2 is 1.90 bits per heavy atom. The summed E-state index contributed by atoms with van der Waals surface area (Å²) >= 11 is 0. The van der Waals surface area contributed by atoms with Crippen LogP contribution in [0.3, 0.4) is 0 Å². The Morgan fingerprint density at radius 1 is 1.24 bits per heavy atom. The fourth-order valence-corrected chi connectivity index (χ4v) is 2.04. The molecule has 1 rings (SSSR count). The molecule has 0 saturated carbocycles. The molecule has 21 heavy (non-hydrogen) atoms. The van der Waals surface area contributed by atoms with Crippen LogP contribution in [0.1, 0.15) is 17.5 Å². The minimum absolute atomic E-state index is 0.126. The number of carbonyl (C=O) groups is 1. The van der Waals surface area contributed by atoms with E-state index in [0.717, 1.165) is 11.1 Å². The molecule has 0 radical (unpaired) electrons. The van der Waals surface area contributed by atoms with Crippen molar-refractivity contribution >= 4 is 5.97 Å². The highest BCUT2D eigenvalue weighted by Crippen LogP contribution is 2.16. The fraction of sp³-hybridized carbons (Fsp3) is 0.562. The predicted molar refractivity (Wildman–Crippen MR) is 79.3 cm³/mol. The molecule has 0 amide bonds. The third kappa shape index (κ3) is 7.22. The molecule has 0 fully saturated rings. The second-order valence-electron chi connectivity index (χ2n) is 5.18. The minimum Gasteiger partial charge on any atom is -0.481 e. The van der Waals surface area contributed by atoms with Gasteiger partial charge in [-0.1, -0.05) is 29.8 Å². The molecular weight excluding hydrogens is 272 g/mol. The van der Waals surface area contributed by atoms with E-state index in [0.29, 0.717) is 19.6 Å². The van der Waals surface area contributed by atoms with E-state index >= 15 is 0 Å². The molecule has 2 atom stereocenters. The Labute approximate surface area is 125 Å². The van der Waals surface area contributed by atoms with Gasteiger partial charge in [-0.2, -0.15) is 0 Å². The SMILES string of the molecule is COCCOCC(O)CC(Cc1ccc(C)cc1)C(=O)O. The Bertz CT molecular complexity index is 415. The van der Waals surface area contributed by atoms with Crippen molar-refractivity contribution in [1.82, 2.24) is 0 Å². The Balaban J connectivity index is 2.45. The number of benzene rings is 1. The molecule has 1 aromatic rings. The first-order valence-corrected chi connectivity index (χ1v) is 7.06. The maximum atomic E-state index is 11.3. The molecule has 0 aromatic heterocycles. The van der Waals surface area contributed by atoms with Gasteiger partial charge in [-0.05, 0) is 25.3 Å². The molecule has 1 aromatic carbocycles. The van der Waals surface area contributed by atoms with Gasteiger partial charge in [0, 0.05) is 7.11 Å². The normalized spacial score (nSPS) is 13.9. The Hall–Kier alpha value is -1.43. The van der Waals surface area contributed by atoms with Gasteiger partial charge in [-0.3, -0.25) is 4.79 Å². The summed E-state index contributed by atoms with van der Waals surface area (Å²) in [5.41, 5.74) is 2.10. The second kappa shape index (κ2) is 9.50. The van der Waals surface area contributed by atoms with Crippen LogP contribution in [0, 0.1) is 12.8 Å². The smallest absolute Gasteiger partial charge is 0.306 e. The van der Waals surface area contributed by atoms with Crippen molar-refractivity contribution in [2.75, 3.05) is 26.9 Å². The minimum atomic E-state index is -0.897. The lowest BCUT2D eigenvalue weighted by Crippen LogP contribution is -2.26. The van der Waals surface area contributed by atoms with Gasteiger partial charge in [0.25, 0.3) is 0 Å². The number of carboxylic acids is 1. The summed E-state index contributed by atoms with van der Waals surface area (Å²) in [6.45, 7) is 2.96. The van der Waals surface area contributed by atoms with Crippen LogP contribution in [-0.2, 0) is 20.7 Å². The zero-order chi connectivity index (χ0) is 15.7. The third-order valence-corrected chi connectivity index (χ3v) is 3.25. The summed E-state index contributed by atoms with van der Waals surface area (Å²) in [6, 6.07) is 7.76. The van der Waals surface area contributed by atoms with E-state index in [2.05, 4.69) is 0 Å². The van der Waals surface area contributed by atoms with Gasteiger partial charge in [0.2, 0.25) is 0 Å². The summed E-state index contributed by atoms with van der Waals surface area (Å²) in [7, 11) is 1.57. The standard InChI is InChI=1S/C16H24O5/c1-12-3-5-13(6-4-12)9-14(16(18)19)10-15(17)11-21-8-7-20-2/h3-6,14-15,17H,7-11H2,1-2H3,(H,18,19). The van der Waals surface area contributed by atoms with Gasteiger partial charge in [0.05, 0.1) is 31.8 Å². The lowest BCUT2D eigenvalue weighted by atomic mass is 9.93. The van der Waals surface area contributed by atoms with Crippen LogP contribution >= 0.6 is 0 Å². The molecule has 0 heterocycles. The summed E-state index contributed by atoms with van der Waals surface area (Å²) in [4.78, 5) is 11.3. The number of aliphatic hydroxyl groups excluding tert-OH is 1. The number of methoxy groups -OCH3 is 1. The molecule has 5 heteroatoms. The average Bonchev–Trinajstić information content (AvgIpc) is 2.45. The number of carboxylic acid groups (broad SMARTS) is 1. The molecular formula is C16H24O5. The Kier molecular flexibility index (Phi) is 7.97. The third-order valence-electron chi connectivity index (χ3n) is 3.25. The van der Waals surface area contributed by atoms with Gasteiger partial charge in [0.1, 0.15) is 0 Å². The van der Waals surface area contributed by atoms with Crippen LogP contribution in [0.25, 0.3) is 0 Å². The molecule has 0 aliphatic rings. The van der Waals surface area contributed by atoms with E-state index in [9.17, 15) is 15.0 Å². The number of aryl methyl sites for hydroxylation is 1. The van der Waals surface area contributed by atoms with E-state index in [1.165, 1.54) is 0 Å².